The fraction of sp³-hybridized carbons (Fsp3) is 0.125. The monoisotopic (exact) mass is 360 g/mol. The molecule has 6 nitrogen and oxygen atoms in total. The first-order valence-electron chi connectivity index (χ1n) is 7.05. The van der Waals surface area contributed by atoms with Crippen LogP contribution in [0.4, 0.5) is 5.69 Å². The molecule has 1 aromatic carbocycles. The lowest BCUT2D eigenvalue weighted by molar-refractivity contribution is 0.0956. The number of amides is 1. The van der Waals surface area contributed by atoms with E-state index in [0.717, 1.165) is 10.9 Å². The molecule has 0 radical (unpaired) electrons. The molecule has 0 aliphatic rings. The van der Waals surface area contributed by atoms with Crippen LogP contribution in [0, 0.1) is 0 Å². The minimum Gasteiger partial charge on any atom is -0.397 e. The largest absolute Gasteiger partial charge is 0.397 e. The summed E-state index contributed by atoms with van der Waals surface area (Å²) in [7, 11) is -2.23. The summed E-state index contributed by atoms with van der Waals surface area (Å²) in [6, 6.07) is 8.92. The molecule has 2 heterocycles. The van der Waals surface area contributed by atoms with Gasteiger partial charge in [-0.1, -0.05) is 12.1 Å². The number of rotatable bonds is 4. The lowest BCUT2D eigenvalue weighted by atomic mass is 10.2. The van der Waals surface area contributed by atoms with Gasteiger partial charge in [-0.3, -0.25) is 9.00 Å². The Balaban J connectivity index is 1.74. The molecule has 24 heavy (non-hydrogen) atoms. The van der Waals surface area contributed by atoms with Gasteiger partial charge in [0.2, 0.25) is 0 Å². The number of nitrogens with one attached hydrogen (secondary N) is 1. The number of anilines is 1. The molecule has 0 saturated heterocycles. The minimum atomic E-state index is -2.23. The van der Waals surface area contributed by atoms with Crippen LogP contribution in [-0.4, -0.2) is 32.4 Å². The van der Waals surface area contributed by atoms with Gasteiger partial charge in [0, 0.05) is 23.1 Å². The predicted octanol–water partition coefficient (Wildman–Crippen LogP) is 1.91. The maximum atomic E-state index is 12.3. The van der Waals surface area contributed by atoms with Crippen LogP contribution in [0.1, 0.15) is 15.2 Å². The molecular weight excluding hydrogens is 344 g/mol. The van der Waals surface area contributed by atoms with Crippen LogP contribution in [0.5, 0.6) is 0 Å². The third kappa shape index (κ3) is 3.24. The summed E-state index contributed by atoms with van der Waals surface area (Å²) in [5.74, 6) is 3.40. The van der Waals surface area contributed by atoms with Crippen LogP contribution >= 0.6 is 11.3 Å². The molecule has 2 aromatic heterocycles. The lowest BCUT2D eigenvalue weighted by Crippen LogP contribution is -2.22. The van der Waals surface area contributed by atoms with Gasteiger partial charge in [0.05, 0.1) is 11.9 Å². The number of nitrogen functional groups attached to an aromatic ring is 1. The topological polar surface area (TPSA) is 98.0 Å². The van der Waals surface area contributed by atoms with E-state index < -0.39 is 9.52 Å². The van der Waals surface area contributed by atoms with E-state index in [-0.39, 0.29) is 5.91 Å². The summed E-state index contributed by atoms with van der Waals surface area (Å²) in [5, 5.41) is 11.3. The quantitative estimate of drug-likeness (QED) is 0.693. The molecule has 3 N–H and O–H groups in total. The van der Waals surface area contributed by atoms with Crippen molar-refractivity contribution < 1.29 is 9.00 Å². The van der Waals surface area contributed by atoms with Gasteiger partial charge in [-0.15, -0.1) is 16.4 Å². The number of nitrogens with zero attached hydrogens (tertiary/aromatic N) is 2. The summed E-state index contributed by atoms with van der Waals surface area (Å²) in [5.41, 5.74) is 7.33. The summed E-state index contributed by atoms with van der Waals surface area (Å²) in [6.45, 7) is 0.348. The highest BCUT2D eigenvalue weighted by molar-refractivity contribution is 7.99. The van der Waals surface area contributed by atoms with Gasteiger partial charge in [-0.2, -0.15) is 5.10 Å². The van der Waals surface area contributed by atoms with Crippen LogP contribution < -0.4 is 11.1 Å². The highest BCUT2D eigenvalue weighted by Gasteiger charge is 2.17. The summed E-state index contributed by atoms with van der Waals surface area (Å²) < 4.78 is 11.9. The number of hydrogen-bond acceptors (Lipinski definition) is 6. The number of thiophene rings is 1. The Bertz CT molecular complexity index is 1010. The Morgan fingerprint density at radius 2 is 2.04 bits per heavy atom. The van der Waals surface area contributed by atoms with Gasteiger partial charge in [0.15, 0.2) is 0 Å². The highest BCUT2D eigenvalue weighted by atomic mass is 32.2. The van der Waals surface area contributed by atoms with E-state index >= 15 is 0 Å². The second kappa shape index (κ2) is 6.21. The average molecular weight is 360 g/mol. The van der Waals surface area contributed by atoms with E-state index in [1.165, 1.54) is 11.3 Å². The average Bonchev–Trinajstić information content (AvgIpc) is 2.90. The Hall–Kier alpha value is -2.45. The van der Waals surface area contributed by atoms with E-state index in [4.69, 9.17) is 5.73 Å². The van der Waals surface area contributed by atoms with Gasteiger partial charge >= 0.3 is 0 Å². The second-order valence-corrected chi connectivity index (χ2v) is 8.91. The molecule has 0 spiro atoms. The fourth-order valence-corrected chi connectivity index (χ4v) is 3.87. The Kier molecular flexibility index (Phi) is 4.25. The lowest BCUT2D eigenvalue weighted by Gasteiger charge is -2.07. The van der Waals surface area contributed by atoms with Crippen molar-refractivity contribution in [1.82, 2.24) is 15.5 Å². The second-order valence-electron chi connectivity index (χ2n) is 5.43. The van der Waals surface area contributed by atoms with Gasteiger partial charge in [-0.05, 0) is 39.2 Å². The molecule has 0 fully saturated rings. The van der Waals surface area contributed by atoms with Crippen molar-refractivity contribution in [3.63, 3.8) is 0 Å². The molecular formula is C16H16N4O2S2. The van der Waals surface area contributed by atoms with Crippen LogP contribution in [0.2, 0.25) is 0 Å². The molecule has 0 saturated carbocycles. The normalized spacial score (nSPS) is 13.5. The molecule has 3 aromatic rings. The van der Waals surface area contributed by atoms with Gasteiger partial charge in [0.25, 0.3) is 5.91 Å². The van der Waals surface area contributed by atoms with Crippen molar-refractivity contribution in [2.24, 2.45) is 0 Å². The first kappa shape index (κ1) is 16.4. The Morgan fingerprint density at radius 1 is 1.33 bits per heavy atom. The SMILES string of the molecule is C=S(C)(=O)c1ccc(CNC(=O)c2sc3nnccc3c2N)cc1. The van der Waals surface area contributed by atoms with Crippen LogP contribution in [0.25, 0.3) is 10.2 Å². The number of aromatic nitrogens is 2. The molecule has 1 unspecified atom stereocenters. The predicted molar refractivity (Wildman–Crippen MR) is 98.9 cm³/mol. The van der Waals surface area contributed by atoms with Crippen LogP contribution in [0.3, 0.4) is 0 Å². The van der Waals surface area contributed by atoms with Gasteiger partial charge < -0.3 is 11.1 Å². The molecule has 1 amide bonds. The maximum Gasteiger partial charge on any atom is 0.263 e. The third-order valence-corrected chi connectivity index (χ3v) is 5.88. The molecule has 0 bridgehead atoms. The minimum absolute atomic E-state index is 0.254. The smallest absolute Gasteiger partial charge is 0.263 e. The van der Waals surface area contributed by atoms with Gasteiger partial charge in [0.1, 0.15) is 9.71 Å². The molecule has 1 atom stereocenters. The Morgan fingerprint density at radius 3 is 2.67 bits per heavy atom. The number of hydrogen-bond donors (Lipinski definition) is 2. The standard InChI is InChI=1S/C16H16N4O2S2/c1-24(2,22)11-5-3-10(4-6-11)9-18-15(21)14-13(17)12-7-8-19-20-16(12)23-14/h3-8H,1,9,17H2,2H3,(H,18,21). The van der Waals surface area contributed by atoms with E-state index in [0.29, 0.717) is 26.8 Å². The molecule has 8 heteroatoms. The number of carbonyl (C=O) groups excluding carboxylic acids is 1. The summed E-state index contributed by atoms with van der Waals surface area (Å²) in [4.78, 5) is 14.1. The zero-order valence-corrected chi connectivity index (χ0v) is 14.6. The molecule has 0 aliphatic carbocycles. The van der Waals surface area contributed by atoms with Crippen molar-refractivity contribution in [2.75, 3.05) is 12.0 Å². The van der Waals surface area contributed by atoms with E-state index in [2.05, 4.69) is 21.4 Å². The van der Waals surface area contributed by atoms with Crippen LogP contribution in [-0.2, 0) is 16.1 Å². The van der Waals surface area contributed by atoms with Crippen molar-refractivity contribution in [3.05, 3.63) is 47.0 Å². The van der Waals surface area contributed by atoms with Gasteiger partial charge in [-0.25, -0.2) is 0 Å². The first-order valence-corrected chi connectivity index (χ1v) is 10.0. The number of nitrogens with two attached hydrogens (primary N) is 1. The molecule has 3 rings (SSSR count). The number of benzene rings is 1. The van der Waals surface area contributed by atoms with Crippen molar-refractivity contribution in [1.29, 1.82) is 0 Å². The zero-order chi connectivity index (χ0) is 17.3. The molecule has 124 valence electrons. The van der Waals surface area contributed by atoms with Crippen LogP contribution in [0.15, 0.2) is 41.4 Å². The van der Waals surface area contributed by atoms with E-state index in [1.54, 1.807) is 30.7 Å². The first-order chi connectivity index (χ1) is 11.4. The molecule has 0 aliphatic heterocycles. The zero-order valence-electron chi connectivity index (χ0n) is 13.0. The number of fused-ring (bicyclic) bond motifs is 1. The van der Waals surface area contributed by atoms with E-state index in [9.17, 15) is 9.00 Å². The maximum absolute atomic E-state index is 12.3. The fourth-order valence-electron chi connectivity index (χ4n) is 2.20. The summed E-state index contributed by atoms with van der Waals surface area (Å²) in [6.07, 6.45) is 3.14. The van der Waals surface area contributed by atoms with Crippen molar-refractivity contribution >= 4 is 48.5 Å². The summed E-state index contributed by atoms with van der Waals surface area (Å²) >= 11 is 1.22. The Labute approximate surface area is 143 Å². The van der Waals surface area contributed by atoms with E-state index in [1.807, 2.05) is 12.1 Å². The number of carbonyl (C=O) groups is 1. The third-order valence-electron chi connectivity index (χ3n) is 3.50. The van der Waals surface area contributed by atoms with Crippen molar-refractivity contribution in [2.45, 2.75) is 11.4 Å². The van der Waals surface area contributed by atoms with Crippen molar-refractivity contribution in [3.8, 4) is 0 Å². The highest BCUT2D eigenvalue weighted by Crippen LogP contribution is 2.31.